The Morgan fingerprint density at radius 2 is 1.88 bits per heavy atom. The van der Waals surface area contributed by atoms with E-state index in [1.807, 2.05) is 0 Å². The molecule has 0 heterocycles. The Morgan fingerprint density at radius 3 is 2.46 bits per heavy atom. The summed E-state index contributed by atoms with van der Waals surface area (Å²) in [6, 6.07) is 5.26. The van der Waals surface area contributed by atoms with Crippen LogP contribution in [0.5, 0.6) is 5.75 Å². The summed E-state index contributed by atoms with van der Waals surface area (Å²) in [5.41, 5.74) is 1.01. The average Bonchev–Trinajstić information content (AvgIpc) is 2.57. The lowest BCUT2D eigenvalue weighted by atomic mass is 9.49. The fourth-order valence-electron chi connectivity index (χ4n) is 5.80. The normalized spacial score (nSPS) is 34.6. The molecule has 0 spiro atoms. The fourth-order valence-corrected chi connectivity index (χ4v) is 7.25. The van der Waals surface area contributed by atoms with Gasteiger partial charge in [0.15, 0.2) is 5.78 Å². The number of methoxy groups -OCH3 is 1. The van der Waals surface area contributed by atoms with E-state index in [0.29, 0.717) is 23.1 Å². The van der Waals surface area contributed by atoms with Crippen LogP contribution in [0.2, 0.25) is 0 Å². The summed E-state index contributed by atoms with van der Waals surface area (Å²) in [6.45, 7) is 1.68. The highest BCUT2D eigenvalue weighted by molar-refractivity contribution is 9.10. The van der Waals surface area contributed by atoms with Gasteiger partial charge >= 0.3 is 5.97 Å². The number of ether oxygens (including phenoxy) is 2. The first-order valence-corrected chi connectivity index (χ1v) is 10.2. The van der Waals surface area contributed by atoms with Crippen molar-refractivity contribution < 1.29 is 19.1 Å². The third-order valence-corrected chi connectivity index (χ3v) is 7.40. The maximum absolute atomic E-state index is 13.1. The lowest BCUT2D eigenvalue weighted by Gasteiger charge is -2.58. The molecule has 0 unspecified atom stereocenters. The number of Topliss-reactive ketones (excluding diaryl/α,β-unsaturated/α-hetero) is 1. The largest absolute Gasteiger partial charge is 0.496 e. The van der Waals surface area contributed by atoms with Crippen molar-refractivity contribution in [3.63, 3.8) is 0 Å². The number of halogens is 1. The summed E-state index contributed by atoms with van der Waals surface area (Å²) in [5.74, 6) is 1.83. The predicted octanol–water partition coefficient (Wildman–Crippen LogP) is 4.67. The molecule has 4 bridgehead atoms. The van der Waals surface area contributed by atoms with Gasteiger partial charge in [-0.15, -0.1) is 0 Å². The SMILES string of the molecule is COc1ccc(C(C)=O)cc1COC(=O)C12C[C@H]3C[C@@H](CC(Br)(C3)C1)C2. The van der Waals surface area contributed by atoms with Crippen molar-refractivity contribution in [1.82, 2.24) is 0 Å². The van der Waals surface area contributed by atoms with Crippen molar-refractivity contribution in [2.75, 3.05) is 7.11 Å². The molecule has 26 heavy (non-hydrogen) atoms. The fraction of sp³-hybridized carbons (Fsp3) is 0.619. The van der Waals surface area contributed by atoms with E-state index >= 15 is 0 Å². The summed E-state index contributed by atoms with van der Waals surface area (Å²) in [5, 5.41) is 0. The molecule has 5 heteroatoms. The molecule has 140 valence electrons. The standard InChI is InChI=1S/C21H25BrO4/c1-13(23)16-3-4-18(25-2)17(6-16)11-26-19(24)20-7-14-5-15(8-20)10-21(22,9-14)12-20/h3-4,6,14-15H,5,7-12H2,1-2H3/t14-,15-,20?,21?/m1/s1. The van der Waals surface area contributed by atoms with Crippen molar-refractivity contribution >= 4 is 27.7 Å². The quantitative estimate of drug-likeness (QED) is 0.394. The molecule has 4 aliphatic rings. The lowest BCUT2D eigenvalue weighted by molar-refractivity contribution is -0.170. The molecule has 0 saturated heterocycles. The summed E-state index contributed by atoms with van der Waals surface area (Å²) in [6.07, 6.45) is 6.44. The molecule has 2 atom stereocenters. The van der Waals surface area contributed by atoms with Gasteiger partial charge in [-0.05, 0) is 75.5 Å². The van der Waals surface area contributed by atoms with E-state index in [0.717, 1.165) is 24.8 Å². The number of hydrogen-bond donors (Lipinski definition) is 0. The van der Waals surface area contributed by atoms with Crippen LogP contribution in [0.15, 0.2) is 18.2 Å². The minimum atomic E-state index is -0.334. The van der Waals surface area contributed by atoms with Crippen molar-refractivity contribution in [3.8, 4) is 5.75 Å². The van der Waals surface area contributed by atoms with Crippen LogP contribution in [0.3, 0.4) is 0 Å². The Bertz CT molecular complexity index is 742. The number of ketones is 1. The first kappa shape index (κ1) is 18.0. The van der Waals surface area contributed by atoms with Gasteiger partial charge in [0.25, 0.3) is 0 Å². The molecule has 4 nitrogen and oxygen atoms in total. The van der Waals surface area contributed by atoms with E-state index in [9.17, 15) is 9.59 Å². The minimum absolute atomic E-state index is 0.0115. The van der Waals surface area contributed by atoms with Gasteiger partial charge in [0, 0.05) is 15.5 Å². The van der Waals surface area contributed by atoms with Gasteiger partial charge < -0.3 is 9.47 Å². The Hall–Kier alpha value is -1.36. The molecular formula is C21H25BrO4. The molecule has 4 fully saturated rings. The Labute approximate surface area is 162 Å². The van der Waals surface area contributed by atoms with Crippen molar-refractivity contribution in [1.29, 1.82) is 0 Å². The molecule has 4 aliphatic carbocycles. The van der Waals surface area contributed by atoms with Gasteiger partial charge in [0.05, 0.1) is 12.5 Å². The Morgan fingerprint density at radius 1 is 1.19 bits per heavy atom. The van der Waals surface area contributed by atoms with Gasteiger partial charge in [0.1, 0.15) is 12.4 Å². The summed E-state index contributed by atoms with van der Waals surface area (Å²) >= 11 is 3.94. The summed E-state index contributed by atoms with van der Waals surface area (Å²) in [7, 11) is 1.59. The second-order valence-corrected chi connectivity index (χ2v) is 10.2. The molecule has 1 aromatic rings. The maximum atomic E-state index is 13.1. The zero-order chi connectivity index (χ0) is 18.5. The highest BCUT2D eigenvalue weighted by atomic mass is 79.9. The van der Waals surface area contributed by atoms with E-state index < -0.39 is 0 Å². The van der Waals surface area contributed by atoms with Crippen LogP contribution in [-0.2, 0) is 16.1 Å². The van der Waals surface area contributed by atoms with E-state index in [1.54, 1.807) is 25.3 Å². The molecule has 0 aliphatic heterocycles. The molecule has 1 aromatic carbocycles. The van der Waals surface area contributed by atoms with Gasteiger partial charge in [-0.2, -0.15) is 0 Å². The number of carbonyl (C=O) groups excluding carboxylic acids is 2. The van der Waals surface area contributed by atoms with E-state index in [4.69, 9.17) is 9.47 Å². The molecule has 4 saturated carbocycles. The van der Waals surface area contributed by atoms with Crippen molar-refractivity contribution in [2.45, 2.75) is 56.4 Å². The van der Waals surface area contributed by atoms with Crippen LogP contribution in [0.1, 0.15) is 61.4 Å². The van der Waals surface area contributed by atoms with Gasteiger partial charge in [0.2, 0.25) is 0 Å². The van der Waals surface area contributed by atoms with Crippen molar-refractivity contribution in [2.24, 2.45) is 17.3 Å². The number of alkyl halides is 1. The highest BCUT2D eigenvalue weighted by Gasteiger charge is 2.60. The minimum Gasteiger partial charge on any atom is -0.496 e. The second-order valence-electron chi connectivity index (χ2n) is 8.55. The smallest absolute Gasteiger partial charge is 0.312 e. The topological polar surface area (TPSA) is 52.6 Å². The molecule has 0 aromatic heterocycles. The maximum Gasteiger partial charge on any atom is 0.312 e. The van der Waals surface area contributed by atoms with Crippen molar-refractivity contribution in [3.05, 3.63) is 29.3 Å². The third-order valence-electron chi connectivity index (χ3n) is 6.47. The molecule has 0 amide bonds. The second kappa shape index (κ2) is 6.36. The summed E-state index contributed by atoms with van der Waals surface area (Å²) < 4.78 is 11.3. The van der Waals surface area contributed by atoms with Crippen LogP contribution in [0, 0.1) is 17.3 Å². The van der Waals surface area contributed by atoms with E-state index in [1.165, 1.54) is 26.2 Å². The number of carbonyl (C=O) groups is 2. The van der Waals surface area contributed by atoms with Crippen LogP contribution >= 0.6 is 15.9 Å². The van der Waals surface area contributed by atoms with Gasteiger partial charge in [-0.1, -0.05) is 15.9 Å². The van der Waals surface area contributed by atoms with Crippen LogP contribution in [0.25, 0.3) is 0 Å². The number of rotatable bonds is 5. The summed E-state index contributed by atoms with van der Waals surface area (Å²) in [4.78, 5) is 24.7. The number of hydrogen-bond acceptors (Lipinski definition) is 4. The van der Waals surface area contributed by atoms with Crippen LogP contribution in [0.4, 0.5) is 0 Å². The number of esters is 1. The van der Waals surface area contributed by atoms with Crippen LogP contribution < -0.4 is 4.74 Å². The molecule has 0 N–H and O–H groups in total. The molecule has 5 rings (SSSR count). The highest BCUT2D eigenvalue weighted by Crippen LogP contribution is 2.64. The van der Waals surface area contributed by atoms with Gasteiger partial charge in [-0.3, -0.25) is 9.59 Å². The molecular weight excluding hydrogens is 396 g/mol. The van der Waals surface area contributed by atoms with Gasteiger partial charge in [-0.25, -0.2) is 0 Å². The Balaban J connectivity index is 1.51. The Kier molecular flexibility index (Phi) is 4.41. The van der Waals surface area contributed by atoms with E-state index in [2.05, 4.69) is 15.9 Å². The third kappa shape index (κ3) is 3.08. The first-order chi connectivity index (χ1) is 12.3. The average molecular weight is 421 g/mol. The first-order valence-electron chi connectivity index (χ1n) is 9.36. The predicted molar refractivity (Wildman–Crippen MR) is 102 cm³/mol. The van der Waals surface area contributed by atoms with E-state index in [-0.39, 0.29) is 28.1 Å². The monoisotopic (exact) mass is 420 g/mol. The van der Waals surface area contributed by atoms with Crippen LogP contribution in [-0.4, -0.2) is 23.2 Å². The molecule has 0 radical (unpaired) electrons. The zero-order valence-corrected chi connectivity index (χ0v) is 16.9. The number of benzene rings is 1. The zero-order valence-electron chi connectivity index (χ0n) is 15.3. The lowest BCUT2D eigenvalue weighted by Crippen LogP contribution is -2.56.